The minimum absolute atomic E-state index is 0.0723. The van der Waals surface area contributed by atoms with Gasteiger partial charge >= 0.3 is 0 Å². The molecule has 5 heteroatoms. The molecule has 0 saturated heterocycles. The van der Waals surface area contributed by atoms with Crippen LogP contribution in [0, 0.1) is 12.3 Å². The largest absolute Gasteiger partial charge is 0.396 e. The summed E-state index contributed by atoms with van der Waals surface area (Å²) in [6.07, 6.45) is 3.05. The zero-order valence-electron chi connectivity index (χ0n) is 10.6. The third kappa shape index (κ3) is 3.06. The highest BCUT2D eigenvalue weighted by Crippen LogP contribution is 2.24. The summed E-state index contributed by atoms with van der Waals surface area (Å²) in [5.41, 5.74) is 0.213. The van der Waals surface area contributed by atoms with Crippen LogP contribution in [-0.4, -0.2) is 29.3 Å². The number of hydrogen-bond donors (Lipinski definition) is 2. The van der Waals surface area contributed by atoms with Crippen molar-refractivity contribution in [2.75, 3.05) is 13.2 Å². The van der Waals surface area contributed by atoms with Gasteiger partial charge in [0.2, 0.25) is 0 Å². The van der Waals surface area contributed by atoms with Gasteiger partial charge in [-0.3, -0.25) is 4.79 Å². The standard InChI is InChI=1S/C12H20N2O3/c1-4-12(5-2,8-15)7-13-11(16)10-6-14-17-9(10)3/h6,15H,4-5,7-8H2,1-3H3,(H,13,16). The number of nitrogens with zero attached hydrogens (tertiary/aromatic N) is 1. The van der Waals surface area contributed by atoms with Gasteiger partial charge in [0.1, 0.15) is 11.3 Å². The van der Waals surface area contributed by atoms with Gasteiger partial charge in [-0.2, -0.15) is 0 Å². The number of rotatable bonds is 6. The van der Waals surface area contributed by atoms with E-state index < -0.39 is 0 Å². The first-order valence-corrected chi connectivity index (χ1v) is 5.89. The molecule has 2 N–H and O–H groups in total. The number of aryl methyl sites for hydroxylation is 1. The van der Waals surface area contributed by atoms with Crippen LogP contribution in [0.2, 0.25) is 0 Å². The number of nitrogens with one attached hydrogen (secondary N) is 1. The van der Waals surface area contributed by atoms with Gasteiger partial charge in [-0.25, -0.2) is 0 Å². The Kier molecular flexibility index (Phi) is 4.69. The molecule has 17 heavy (non-hydrogen) atoms. The van der Waals surface area contributed by atoms with Crippen molar-refractivity contribution in [2.24, 2.45) is 5.41 Å². The molecule has 0 fully saturated rings. The molecule has 1 heterocycles. The maximum atomic E-state index is 11.8. The van der Waals surface area contributed by atoms with Crippen LogP contribution in [-0.2, 0) is 0 Å². The minimum atomic E-state index is -0.235. The first-order valence-electron chi connectivity index (χ1n) is 5.89. The Balaban J connectivity index is 2.62. The van der Waals surface area contributed by atoms with Crippen LogP contribution < -0.4 is 5.32 Å². The number of aliphatic hydroxyl groups excluding tert-OH is 1. The highest BCUT2D eigenvalue weighted by atomic mass is 16.5. The van der Waals surface area contributed by atoms with Crippen molar-refractivity contribution in [3.63, 3.8) is 0 Å². The molecule has 0 atom stereocenters. The van der Waals surface area contributed by atoms with E-state index >= 15 is 0 Å². The molecule has 0 radical (unpaired) electrons. The predicted molar refractivity (Wildman–Crippen MR) is 63.7 cm³/mol. The normalized spacial score (nSPS) is 11.5. The number of hydrogen-bond acceptors (Lipinski definition) is 4. The topological polar surface area (TPSA) is 75.4 Å². The summed E-state index contributed by atoms with van der Waals surface area (Å²) in [6.45, 7) is 6.25. The van der Waals surface area contributed by atoms with Gasteiger partial charge in [0.25, 0.3) is 5.91 Å². The molecule has 0 unspecified atom stereocenters. The van der Waals surface area contributed by atoms with E-state index in [2.05, 4.69) is 10.5 Å². The fourth-order valence-corrected chi connectivity index (χ4v) is 1.66. The molecule has 96 valence electrons. The van der Waals surface area contributed by atoms with Gasteiger partial charge in [0, 0.05) is 12.0 Å². The monoisotopic (exact) mass is 240 g/mol. The van der Waals surface area contributed by atoms with E-state index in [9.17, 15) is 9.90 Å². The van der Waals surface area contributed by atoms with Crippen LogP contribution in [0.5, 0.6) is 0 Å². The van der Waals surface area contributed by atoms with Crippen LogP contribution in [0.15, 0.2) is 10.7 Å². The zero-order chi connectivity index (χ0) is 12.9. The molecule has 0 aliphatic rings. The lowest BCUT2D eigenvalue weighted by Gasteiger charge is -2.29. The van der Waals surface area contributed by atoms with Crippen molar-refractivity contribution < 1.29 is 14.4 Å². The summed E-state index contributed by atoms with van der Waals surface area (Å²) in [4.78, 5) is 11.8. The fourth-order valence-electron chi connectivity index (χ4n) is 1.66. The van der Waals surface area contributed by atoms with Crippen LogP contribution in [0.3, 0.4) is 0 Å². The third-order valence-electron chi connectivity index (χ3n) is 3.45. The molecule has 0 aromatic carbocycles. The Morgan fingerprint density at radius 3 is 2.59 bits per heavy atom. The van der Waals surface area contributed by atoms with E-state index in [-0.39, 0.29) is 17.9 Å². The molecule has 1 rings (SSSR count). The molecule has 5 nitrogen and oxygen atoms in total. The van der Waals surface area contributed by atoms with Crippen molar-refractivity contribution in [3.8, 4) is 0 Å². The number of carbonyl (C=O) groups excluding carboxylic acids is 1. The lowest BCUT2D eigenvalue weighted by molar-refractivity contribution is 0.0850. The van der Waals surface area contributed by atoms with Crippen LogP contribution in [0.4, 0.5) is 0 Å². The highest BCUT2D eigenvalue weighted by molar-refractivity contribution is 5.94. The summed E-state index contributed by atoms with van der Waals surface area (Å²) in [6, 6.07) is 0. The molecule has 0 aliphatic heterocycles. The van der Waals surface area contributed by atoms with E-state index in [1.807, 2.05) is 13.8 Å². The van der Waals surface area contributed by atoms with E-state index in [4.69, 9.17) is 4.52 Å². The Hall–Kier alpha value is -1.36. The molecular weight excluding hydrogens is 220 g/mol. The zero-order valence-corrected chi connectivity index (χ0v) is 10.6. The smallest absolute Gasteiger partial charge is 0.256 e. The van der Waals surface area contributed by atoms with Crippen LogP contribution in [0.1, 0.15) is 42.8 Å². The molecule has 1 amide bonds. The van der Waals surface area contributed by atoms with E-state index in [1.165, 1.54) is 6.20 Å². The lowest BCUT2D eigenvalue weighted by atomic mass is 9.83. The molecule has 1 aromatic heterocycles. The van der Waals surface area contributed by atoms with Crippen LogP contribution in [0.25, 0.3) is 0 Å². The molecular formula is C12H20N2O3. The van der Waals surface area contributed by atoms with Crippen molar-refractivity contribution in [1.82, 2.24) is 10.5 Å². The summed E-state index contributed by atoms with van der Waals surface area (Å²) in [5, 5.41) is 15.8. The van der Waals surface area contributed by atoms with Gasteiger partial charge in [-0.15, -0.1) is 0 Å². The number of carbonyl (C=O) groups is 1. The average molecular weight is 240 g/mol. The van der Waals surface area contributed by atoms with Gasteiger partial charge in [-0.05, 0) is 19.8 Å². The van der Waals surface area contributed by atoms with Gasteiger partial charge in [-0.1, -0.05) is 19.0 Å². The molecule has 1 aromatic rings. The second-order valence-corrected chi connectivity index (χ2v) is 4.34. The lowest BCUT2D eigenvalue weighted by Crippen LogP contribution is -2.39. The Morgan fingerprint density at radius 2 is 2.18 bits per heavy atom. The number of amides is 1. The van der Waals surface area contributed by atoms with E-state index in [1.54, 1.807) is 6.92 Å². The quantitative estimate of drug-likeness (QED) is 0.790. The Bertz CT molecular complexity index is 361. The number of aliphatic hydroxyl groups is 1. The highest BCUT2D eigenvalue weighted by Gasteiger charge is 2.26. The summed E-state index contributed by atoms with van der Waals surface area (Å²) in [5.74, 6) is 0.300. The maximum Gasteiger partial charge on any atom is 0.256 e. The first kappa shape index (κ1) is 13.7. The van der Waals surface area contributed by atoms with Crippen molar-refractivity contribution in [3.05, 3.63) is 17.5 Å². The van der Waals surface area contributed by atoms with Crippen molar-refractivity contribution in [2.45, 2.75) is 33.6 Å². The van der Waals surface area contributed by atoms with Gasteiger partial charge < -0.3 is 14.9 Å². The van der Waals surface area contributed by atoms with E-state index in [0.717, 1.165) is 12.8 Å². The Morgan fingerprint density at radius 1 is 1.53 bits per heavy atom. The molecule has 0 saturated carbocycles. The summed E-state index contributed by atoms with van der Waals surface area (Å²) < 4.78 is 4.84. The second-order valence-electron chi connectivity index (χ2n) is 4.34. The molecule has 0 bridgehead atoms. The molecule has 0 spiro atoms. The predicted octanol–water partition coefficient (Wildman–Crippen LogP) is 1.51. The minimum Gasteiger partial charge on any atom is -0.396 e. The maximum absolute atomic E-state index is 11.8. The number of aromatic nitrogens is 1. The fraction of sp³-hybridized carbons (Fsp3) is 0.667. The van der Waals surface area contributed by atoms with Gasteiger partial charge in [0.05, 0.1) is 12.8 Å². The van der Waals surface area contributed by atoms with Crippen LogP contribution >= 0.6 is 0 Å². The van der Waals surface area contributed by atoms with Crippen molar-refractivity contribution in [1.29, 1.82) is 0 Å². The third-order valence-corrected chi connectivity index (χ3v) is 3.45. The summed E-state index contributed by atoms with van der Waals surface area (Å²) in [7, 11) is 0. The average Bonchev–Trinajstić information content (AvgIpc) is 2.78. The molecule has 0 aliphatic carbocycles. The Labute approximate surface area is 101 Å². The summed E-state index contributed by atoms with van der Waals surface area (Å²) >= 11 is 0. The SMILES string of the molecule is CCC(CC)(CO)CNC(=O)c1cnoc1C. The second kappa shape index (κ2) is 5.82. The van der Waals surface area contributed by atoms with Crippen molar-refractivity contribution >= 4 is 5.91 Å². The van der Waals surface area contributed by atoms with E-state index in [0.29, 0.717) is 17.9 Å². The van der Waals surface area contributed by atoms with Gasteiger partial charge in [0.15, 0.2) is 0 Å². The first-order chi connectivity index (χ1) is 8.08.